The van der Waals surface area contributed by atoms with Gasteiger partial charge in [-0.05, 0) is 37.0 Å². The van der Waals surface area contributed by atoms with Gasteiger partial charge in [-0.2, -0.15) is 4.72 Å². The number of aromatic nitrogens is 1. The van der Waals surface area contributed by atoms with E-state index in [4.69, 9.17) is 4.42 Å². The third-order valence-electron chi connectivity index (χ3n) is 5.14. The molecule has 8 nitrogen and oxygen atoms in total. The highest BCUT2D eigenvalue weighted by molar-refractivity contribution is 7.89. The monoisotopic (exact) mass is 445 g/mol. The molecule has 0 aliphatic carbocycles. The van der Waals surface area contributed by atoms with E-state index in [-0.39, 0.29) is 16.4 Å². The van der Waals surface area contributed by atoms with Crippen molar-refractivity contribution in [3.63, 3.8) is 0 Å². The Morgan fingerprint density at radius 1 is 1.13 bits per heavy atom. The summed E-state index contributed by atoms with van der Waals surface area (Å²) in [6.45, 7) is 5.94. The molecule has 2 N–H and O–H groups in total. The maximum absolute atomic E-state index is 12.9. The number of oxazole rings is 1. The Labute approximate surface area is 181 Å². The van der Waals surface area contributed by atoms with Crippen molar-refractivity contribution in [1.29, 1.82) is 0 Å². The minimum absolute atomic E-state index is 0.0764. The molecule has 1 amide bonds. The van der Waals surface area contributed by atoms with Crippen molar-refractivity contribution >= 4 is 27.0 Å². The van der Waals surface area contributed by atoms with Gasteiger partial charge in [-0.1, -0.05) is 43.7 Å². The normalized spacial score (nSPS) is 12.9. The van der Waals surface area contributed by atoms with Crippen LogP contribution in [0.5, 0.6) is 0 Å². The van der Waals surface area contributed by atoms with Crippen LogP contribution in [0.25, 0.3) is 11.1 Å². The predicted octanol–water partition coefficient (Wildman–Crippen LogP) is 2.10. The molecule has 0 saturated heterocycles. The van der Waals surface area contributed by atoms with Crippen LogP contribution >= 0.6 is 0 Å². The second-order valence-electron chi connectivity index (χ2n) is 7.93. The summed E-state index contributed by atoms with van der Waals surface area (Å²) >= 11 is 0. The highest BCUT2D eigenvalue weighted by atomic mass is 32.2. The predicted molar refractivity (Wildman–Crippen MR) is 118 cm³/mol. The quantitative estimate of drug-likeness (QED) is 0.552. The van der Waals surface area contributed by atoms with Crippen molar-refractivity contribution < 1.29 is 17.6 Å². The van der Waals surface area contributed by atoms with Crippen LogP contribution in [0.1, 0.15) is 25.0 Å². The lowest BCUT2D eigenvalue weighted by molar-refractivity contribution is -0.123. The lowest BCUT2D eigenvalue weighted by Gasteiger charge is -2.21. The first-order valence-corrected chi connectivity index (χ1v) is 11.5. The van der Waals surface area contributed by atoms with Crippen LogP contribution in [0.2, 0.25) is 0 Å². The Balaban J connectivity index is 1.71. The van der Waals surface area contributed by atoms with E-state index in [9.17, 15) is 18.0 Å². The standard InChI is InChI=1S/C22H27N3O5S/c1-14(2)20(21(26)23-12-11-16-7-5-15(3)6-8-16)24-31(28,29)17-9-10-18-19(13-17)30-22(27)25(18)4/h5-10,13-14,20,24H,11-12H2,1-4H3,(H,23,26). The number of amides is 1. The summed E-state index contributed by atoms with van der Waals surface area (Å²) in [5.41, 5.74) is 2.90. The van der Waals surface area contributed by atoms with E-state index in [1.165, 1.54) is 29.8 Å². The highest BCUT2D eigenvalue weighted by Crippen LogP contribution is 2.19. The summed E-state index contributed by atoms with van der Waals surface area (Å²) < 4.78 is 34.6. The number of carbonyl (C=O) groups excluding carboxylic acids is 1. The molecule has 2 aromatic carbocycles. The van der Waals surface area contributed by atoms with E-state index in [0.29, 0.717) is 18.5 Å². The van der Waals surface area contributed by atoms with Crippen molar-refractivity contribution in [2.75, 3.05) is 6.54 Å². The number of hydrogen-bond acceptors (Lipinski definition) is 5. The zero-order chi connectivity index (χ0) is 22.8. The fourth-order valence-corrected chi connectivity index (χ4v) is 4.56. The Bertz CT molecular complexity index is 1240. The molecule has 0 radical (unpaired) electrons. The van der Waals surface area contributed by atoms with Crippen LogP contribution in [0.3, 0.4) is 0 Å². The third-order valence-corrected chi connectivity index (χ3v) is 6.58. The number of rotatable bonds is 8. The van der Waals surface area contributed by atoms with Crippen molar-refractivity contribution in [2.45, 2.75) is 38.1 Å². The molecule has 3 rings (SSSR count). The lowest BCUT2D eigenvalue weighted by atomic mass is 10.0. The summed E-state index contributed by atoms with van der Waals surface area (Å²) in [6.07, 6.45) is 0.646. The van der Waals surface area contributed by atoms with Gasteiger partial charge in [0, 0.05) is 19.7 Å². The van der Waals surface area contributed by atoms with Crippen LogP contribution < -0.4 is 15.8 Å². The molecule has 0 saturated carbocycles. The van der Waals surface area contributed by atoms with Gasteiger partial charge in [0.25, 0.3) is 0 Å². The Kier molecular flexibility index (Phi) is 6.66. The average Bonchev–Trinajstić information content (AvgIpc) is 3.00. The molecule has 0 spiro atoms. The molecule has 1 heterocycles. The fraction of sp³-hybridized carbons (Fsp3) is 0.364. The number of fused-ring (bicyclic) bond motifs is 1. The minimum atomic E-state index is -4.01. The zero-order valence-electron chi connectivity index (χ0n) is 18.0. The maximum Gasteiger partial charge on any atom is 0.419 e. The average molecular weight is 446 g/mol. The second kappa shape index (κ2) is 9.07. The van der Waals surface area contributed by atoms with Gasteiger partial charge in [0.15, 0.2) is 5.58 Å². The second-order valence-corrected chi connectivity index (χ2v) is 9.64. The van der Waals surface area contributed by atoms with Gasteiger partial charge in [-0.25, -0.2) is 13.2 Å². The first-order chi connectivity index (χ1) is 14.6. The Morgan fingerprint density at radius 2 is 1.81 bits per heavy atom. The minimum Gasteiger partial charge on any atom is -0.408 e. The first-order valence-electron chi connectivity index (χ1n) is 10.0. The highest BCUT2D eigenvalue weighted by Gasteiger charge is 2.28. The number of sulfonamides is 1. The first kappa shape index (κ1) is 22.8. The number of benzene rings is 2. The van der Waals surface area contributed by atoms with Gasteiger partial charge in [0.1, 0.15) is 6.04 Å². The summed E-state index contributed by atoms with van der Waals surface area (Å²) in [5.74, 6) is -1.24. The lowest BCUT2D eigenvalue weighted by Crippen LogP contribution is -2.49. The number of nitrogens with one attached hydrogen (secondary N) is 2. The summed E-state index contributed by atoms with van der Waals surface area (Å²) in [6, 6.07) is 11.2. The number of nitrogens with zero attached hydrogens (tertiary/aromatic N) is 1. The summed E-state index contributed by atoms with van der Waals surface area (Å²) in [4.78, 5) is 24.3. The third kappa shape index (κ3) is 5.23. The van der Waals surface area contributed by atoms with E-state index in [1.54, 1.807) is 13.8 Å². The molecule has 0 bridgehead atoms. The molecular weight excluding hydrogens is 418 g/mol. The smallest absolute Gasteiger partial charge is 0.408 e. The van der Waals surface area contributed by atoms with Crippen molar-refractivity contribution in [3.8, 4) is 0 Å². The fourth-order valence-electron chi connectivity index (χ4n) is 3.20. The van der Waals surface area contributed by atoms with Crippen molar-refractivity contribution in [1.82, 2.24) is 14.6 Å². The largest absolute Gasteiger partial charge is 0.419 e. The zero-order valence-corrected chi connectivity index (χ0v) is 18.8. The van der Waals surface area contributed by atoms with E-state index in [1.807, 2.05) is 31.2 Å². The number of carbonyl (C=O) groups is 1. The van der Waals surface area contributed by atoms with Crippen LogP contribution in [0.4, 0.5) is 0 Å². The van der Waals surface area contributed by atoms with Crippen molar-refractivity contribution in [2.24, 2.45) is 13.0 Å². The molecule has 1 aromatic heterocycles. The summed E-state index contributed by atoms with van der Waals surface area (Å²) in [7, 11) is -2.47. The maximum atomic E-state index is 12.9. The van der Waals surface area contributed by atoms with Gasteiger partial charge in [0.2, 0.25) is 15.9 Å². The molecule has 0 aliphatic rings. The van der Waals surface area contributed by atoms with Crippen LogP contribution in [-0.2, 0) is 28.3 Å². The molecule has 3 aromatic rings. The molecule has 1 atom stereocenters. The SMILES string of the molecule is Cc1ccc(CCNC(=O)C(NS(=O)(=O)c2ccc3c(c2)oc(=O)n3C)C(C)C)cc1. The molecule has 166 valence electrons. The van der Waals surface area contributed by atoms with E-state index in [0.717, 1.165) is 11.1 Å². The molecule has 0 aliphatic heterocycles. The Hall–Kier alpha value is -2.91. The van der Waals surface area contributed by atoms with Gasteiger partial charge < -0.3 is 9.73 Å². The van der Waals surface area contributed by atoms with Crippen LogP contribution in [0, 0.1) is 12.8 Å². The van der Waals surface area contributed by atoms with Crippen LogP contribution in [-0.4, -0.2) is 31.5 Å². The van der Waals surface area contributed by atoms with Gasteiger partial charge >= 0.3 is 5.76 Å². The number of aryl methyl sites for hydroxylation is 2. The molecule has 31 heavy (non-hydrogen) atoms. The Morgan fingerprint density at radius 3 is 2.45 bits per heavy atom. The van der Waals surface area contributed by atoms with Crippen LogP contribution in [0.15, 0.2) is 56.6 Å². The molecule has 9 heteroatoms. The van der Waals surface area contributed by atoms with Gasteiger partial charge in [-0.15, -0.1) is 0 Å². The van der Waals surface area contributed by atoms with E-state index in [2.05, 4.69) is 10.0 Å². The van der Waals surface area contributed by atoms with Gasteiger partial charge in [0.05, 0.1) is 10.4 Å². The van der Waals surface area contributed by atoms with Gasteiger partial charge in [-0.3, -0.25) is 9.36 Å². The molecule has 0 fully saturated rings. The van der Waals surface area contributed by atoms with E-state index < -0.39 is 27.7 Å². The van der Waals surface area contributed by atoms with Crippen molar-refractivity contribution in [3.05, 3.63) is 64.1 Å². The summed E-state index contributed by atoms with van der Waals surface area (Å²) in [5, 5.41) is 2.81. The molecular formula is C22H27N3O5S. The topological polar surface area (TPSA) is 110 Å². The molecule has 1 unspecified atom stereocenters. The van der Waals surface area contributed by atoms with E-state index >= 15 is 0 Å². The number of hydrogen-bond donors (Lipinski definition) is 2.